The Balaban J connectivity index is 2.91. The number of aromatic nitrogens is 1. The van der Waals surface area contributed by atoms with Gasteiger partial charge in [-0.3, -0.25) is 0 Å². The number of pyridine rings is 1. The lowest BCUT2D eigenvalue weighted by Crippen LogP contribution is -2.37. The molecule has 0 spiro atoms. The van der Waals surface area contributed by atoms with Crippen molar-refractivity contribution in [2.24, 2.45) is 5.73 Å². The lowest BCUT2D eigenvalue weighted by molar-refractivity contribution is 0.295. The molecule has 0 aliphatic carbocycles. The highest BCUT2D eigenvalue weighted by atomic mass is 16.3. The van der Waals surface area contributed by atoms with Crippen LogP contribution in [0.4, 0.5) is 5.82 Å². The van der Waals surface area contributed by atoms with E-state index in [0.29, 0.717) is 12.6 Å². The minimum atomic E-state index is 0.00555. The van der Waals surface area contributed by atoms with Gasteiger partial charge in [0.25, 0.3) is 0 Å². The molecule has 102 valence electrons. The maximum atomic E-state index is 9.19. The summed E-state index contributed by atoms with van der Waals surface area (Å²) >= 11 is 0. The Kier molecular flexibility index (Phi) is 6.09. The molecule has 0 aromatic carbocycles. The number of nitrogens with two attached hydrogens (primary N) is 1. The van der Waals surface area contributed by atoms with Gasteiger partial charge in [-0.15, -0.1) is 0 Å². The van der Waals surface area contributed by atoms with Crippen molar-refractivity contribution in [2.75, 3.05) is 18.1 Å². The number of aliphatic hydroxyl groups excluding tert-OH is 1. The quantitative estimate of drug-likeness (QED) is 0.779. The first-order chi connectivity index (χ1) is 8.63. The molecule has 0 radical (unpaired) electrons. The van der Waals surface area contributed by atoms with Crippen LogP contribution in [-0.2, 0) is 0 Å². The second kappa shape index (κ2) is 7.34. The van der Waals surface area contributed by atoms with Crippen LogP contribution in [0, 0.1) is 0 Å². The van der Waals surface area contributed by atoms with E-state index in [0.717, 1.165) is 24.2 Å². The number of aliphatic hydroxyl groups is 1. The normalized spacial score (nSPS) is 12.8. The first-order valence-electron chi connectivity index (χ1n) is 6.73. The Labute approximate surface area is 110 Å². The van der Waals surface area contributed by atoms with Crippen molar-refractivity contribution in [3.63, 3.8) is 0 Å². The fourth-order valence-electron chi connectivity index (χ4n) is 2.16. The van der Waals surface area contributed by atoms with Gasteiger partial charge in [0, 0.05) is 24.8 Å². The van der Waals surface area contributed by atoms with Crippen molar-refractivity contribution >= 4 is 5.82 Å². The van der Waals surface area contributed by atoms with Crippen LogP contribution in [0.15, 0.2) is 18.3 Å². The molecule has 3 N–H and O–H groups in total. The molecule has 0 fully saturated rings. The van der Waals surface area contributed by atoms with Crippen molar-refractivity contribution in [3.05, 3.63) is 23.9 Å². The van der Waals surface area contributed by atoms with Crippen LogP contribution in [-0.4, -0.2) is 29.3 Å². The fraction of sp³-hybridized carbons (Fsp3) is 0.643. The molecule has 18 heavy (non-hydrogen) atoms. The Morgan fingerprint density at radius 3 is 2.39 bits per heavy atom. The van der Waals surface area contributed by atoms with Crippen LogP contribution in [0.25, 0.3) is 0 Å². The van der Waals surface area contributed by atoms with Crippen molar-refractivity contribution in [1.82, 2.24) is 4.98 Å². The second-order valence-corrected chi connectivity index (χ2v) is 4.63. The minimum absolute atomic E-state index is 0.00555. The lowest BCUT2D eigenvalue weighted by atomic mass is 10.1. The van der Waals surface area contributed by atoms with Gasteiger partial charge in [-0.1, -0.05) is 19.9 Å². The van der Waals surface area contributed by atoms with E-state index in [2.05, 4.69) is 23.7 Å². The van der Waals surface area contributed by atoms with Gasteiger partial charge in [0.1, 0.15) is 5.82 Å². The van der Waals surface area contributed by atoms with Gasteiger partial charge in [0.2, 0.25) is 0 Å². The monoisotopic (exact) mass is 251 g/mol. The third-order valence-electron chi connectivity index (χ3n) is 3.31. The van der Waals surface area contributed by atoms with E-state index < -0.39 is 0 Å². The van der Waals surface area contributed by atoms with E-state index in [9.17, 15) is 5.11 Å². The van der Waals surface area contributed by atoms with Crippen molar-refractivity contribution in [3.8, 4) is 0 Å². The molecule has 1 aromatic heterocycles. The van der Waals surface area contributed by atoms with Gasteiger partial charge in [-0.05, 0) is 31.4 Å². The first-order valence-corrected chi connectivity index (χ1v) is 6.73. The average molecular weight is 251 g/mol. The molecule has 1 aromatic rings. The highest BCUT2D eigenvalue weighted by molar-refractivity contribution is 5.41. The van der Waals surface area contributed by atoms with E-state index in [4.69, 9.17) is 5.73 Å². The van der Waals surface area contributed by atoms with E-state index >= 15 is 0 Å². The molecular formula is C14H25N3O. The predicted molar refractivity (Wildman–Crippen MR) is 75.6 cm³/mol. The maximum absolute atomic E-state index is 9.19. The summed E-state index contributed by atoms with van der Waals surface area (Å²) in [5.41, 5.74) is 6.85. The second-order valence-electron chi connectivity index (χ2n) is 4.63. The summed E-state index contributed by atoms with van der Waals surface area (Å²) < 4.78 is 0. The smallest absolute Gasteiger partial charge is 0.128 e. The van der Waals surface area contributed by atoms with Crippen LogP contribution >= 0.6 is 0 Å². The van der Waals surface area contributed by atoms with Crippen molar-refractivity contribution in [1.29, 1.82) is 0 Å². The summed E-state index contributed by atoms with van der Waals surface area (Å²) in [7, 11) is 0. The summed E-state index contributed by atoms with van der Waals surface area (Å²) in [6.07, 6.45) is 3.92. The topological polar surface area (TPSA) is 62.4 Å². The minimum Gasteiger partial charge on any atom is -0.395 e. The Morgan fingerprint density at radius 2 is 2.00 bits per heavy atom. The Bertz CT molecular complexity index is 333. The molecule has 0 aliphatic rings. The zero-order valence-corrected chi connectivity index (χ0v) is 11.6. The largest absolute Gasteiger partial charge is 0.395 e. The average Bonchev–Trinajstić information content (AvgIpc) is 2.39. The predicted octanol–water partition coefficient (Wildman–Crippen LogP) is 2.09. The van der Waals surface area contributed by atoms with Gasteiger partial charge >= 0.3 is 0 Å². The van der Waals surface area contributed by atoms with Gasteiger partial charge in [0.05, 0.1) is 6.61 Å². The SMILES string of the molecule is CCC(CC)N(CCO)c1ccc([C@H](C)N)cn1. The summed E-state index contributed by atoms with van der Waals surface area (Å²) in [5, 5.41) is 9.19. The highest BCUT2D eigenvalue weighted by Crippen LogP contribution is 2.19. The van der Waals surface area contributed by atoms with Crippen LogP contribution in [0.3, 0.4) is 0 Å². The molecule has 4 heteroatoms. The molecule has 0 bridgehead atoms. The molecule has 4 nitrogen and oxygen atoms in total. The summed E-state index contributed by atoms with van der Waals surface area (Å²) in [6, 6.07) is 4.43. The van der Waals surface area contributed by atoms with Gasteiger partial charge in [-0.25, -0.2) is 4.98 Å². The van der Waals surface area contributed by atoms with Crippen LogP contribution < -0.4 is 10.6 Å². The standard InChI is InChI=1S/C14H25N3O/c1-4-13(5-2)17(8-9-18)14-7-6-12(10-16-14)11(3)15/h6-7,10-11,13,18H,4-5,8-9,15H2,1-3H3/t11-/m0/s1. The summed E-state index contributed by atoms with van der Waals surface area (Å²) in [6.45, 7) is 7.04. The molecule has 0 saturated carbocycles. The van der Waals surface area contributed by atoms with Gasteiger partial charge in [0.15, 0.2) is 0 Å². The zero-order valence-electron chi connectivity index (χ0n) is 11.6. The molecule has 1 rings (SSSR count). The van der Waals surface area contributed by atoms with E-state index in [1.807, 2.05) is 25.3 Å². The number of anilines is 1. The molecule has 0 aliphatic heterocycles. The fourth-order valence-corrected chi connectivity index (χ4v) is 2.16. The molecule has 0 saturated heterocycles. The summed E-state index contributed by atoms with van der Waals surface area (Å²) in [5.74, 6) is 0.919. The third-order valence-corrected chi connectivity index (χ3v) is 3.31. The Morgan fingerprint density at radius 1 is 1.33 bits per heavy atom. The van der Waals surface area contributed by atoms with Crippen LogP contribution in [0.2, 0.25) is 0 Å². The Hall–Kier alpha value is -1.13. The molecule has 1 atom stereocenters. The molecule has 0 amide bonds. The summed E-state index contributed by atoms with van der Waals surface area (Å²) in [4.78, 5) is 6.64. The van der Waals surface area contributed by atoms with Crippen LogP contribution in [0.5, 0.6) is 0 Å². The maximum Gasteiger partial charge on any atom is 0.128 e. The number of nitrogens with zero attached hydrogens (tertiary/aromatic N) is 2. The van der Waals surface area contributed by atoms with E-state index in [-0.39, 0.29) is 12.6 Å². The molecule has 0 unspecified atom stereocenters. The van der Waals surface area contributed by atoms with Gasteiger partial charge < -0.3 is 15.7 Å². The number of rotatable bonds is 7. The van der Waals surface area contributed by atoms with Crippen LogP contribution in [0.1, 0.15) is 45.2 Å². The zero-order chi connectivity index (χ0) is 13.5. The molecule has 1 heterocycles. The highest BCUT2D eigenvalue weighted by Gasteiger charge is 2.16. The third kappa shape index (κ3) is 3.68. The molecular weight excluding hydrogens is 226 g/mol. The lowest BCUT2D eigenvalue weighted by Gasteiger charge is -2.31. The first kappa shape index (κ1) is 14.9. The van der Waals surface area contributed by atoms with E-state index in [1.54, 1.807) is 0 Å². The van der Waals surface area contributed by atoms with Crippen molar-refractivity contribution in [2.45, 2.75) is 45.7 Å². The number of hydrogen-bond acceptors (Lipinski definition) is 4. The van der Waals surface area contributed by atoms with Crippen molar-refractivity contribution < 1.29 is 5.11 Å². The van der Waals surface area contributed by atoms with Gasteiger partial charge in [-0.2, -0.15) is 0 Å². The van der Waals surface area contributed by atoms with E-state index in [1.165, 1.54) is 0 Å². The number of hydrogen-bond donors (Lipinski definition) is 2.